The molecule has 2 saturated carbocycles. The van der Waals surface area contributed by atoms with Crippen molar-refractivity contribution < 1.29 is 8.42 Å². The minimum absolute atomic E-state index is 0.0333. The fourth-order valence-electron chi connectivity index (χ4n) is 4.08. The van der Waals surface area contributed by atoms with Crippen LogP contribution in [0.25, 0.3) is 0 Å². The summed E-state index contributed by atoms with van der Waals surface area (Å²) in [5.74, 6) is 0.432. The van der Waals surface area contributed by atoms with Gasteiger partial charge in [-0.15, -0.1) is 0 Å². The van der Waals surface area contributed by atoms with Gasteiger partial charge in [-0.3, -0.25) is 0 Å². The highest BCUT2D eigenvalue weighted by atomic mass is 32.2. The lowest BCUT2D eigenvalue weighted by atomic mass is 9.71. The number of piperidine rings is 1. The molecular weight excluding hydrogens is 296 g/mol. The number of rotatable bonds is 3. The van der Waals surface area contributed by atoms with Gasteiger partial charge >= 0.3 is 0 Å². The van der Waals surface area contributed by atoms with Crippen molar-refractivity contribution in [3.8, 4) is 0 Å². The average Bonchev–Trinajstić information content (AvgIpc) is 3.30. The standard InChI is InChI=1S/C17H24N2O2S/c18-14-8-11-17(9-3-10-17)19(12-14)22(20,21)16-5-2-1-4-15(16)13-6-7-13/h1-2,4-5,13-14H,3,6-12,18H2. The summed E-state index contributed by atoms with van der Waals surface area (Å²) in [5.41, 5.74) is 6.97. The molecule has 3 aliphatic rings. The first-order valence-corrected chi connectivity index (χ1v) is 9.84. The molecule has 1 aromatic rings. The van der Waals surface area contributed by atoms with Crippen LogP contribution in [-0.4, -0.2) is 30.8 Å². The lowest BCUT2D eigenvalue weighted by Gasteiger charge is -2.53. The first-order valence-electron chi connectivity index (χ1n) is 8.40. The van der Waals surface area contributed by atoms with Gasteiger partial charge < -0.3 is 5.73 Å². The Morgan fingerprint density at radius 3 is 2.45 bits per heavy atom. The zero-order chi connectivity index (χ0) is 15.4. The molecule has 1 atom stereocenters. The number of benzene rings is 1. The van der Waals surface area contributed by atoms with Crippen LogP contribution in [0.3, 0.4) is 0 Å². The van der Waals surface area contributed by atoms with Crippen molar-refractivity contribution in [2.75, 3.05) is 6.54 Å². The van der Waals surface area contributed by atoms with Crippen molar-refractivity contribution >= 4 is 10.0 Å². The van der Waals surface area contributed by atoms with E-state index in [2.05, 4.69) is 0 Å². The first kappa shape index (κ1) is 14.7. The molecule has 1 aromatic carbocycles. The molecule has 3 fully saturated rings. The molecule has 1 aliphatic heterocycles. The third-order valence-electron chi connectivity index (χ3n) is 5.70. The van der Waals surface area contributed by atoms with Gasteiger partial charge in [0.1, 0.15) is 0 Å². The van der Waals surface area contributed by atoms with E-state index < -0.39 is 10.0 Å². The Morgan fingerprint density at radius 2 is 1.82 bits per heavy atom. The summed E-state index contributed by atoms with van der Waals surface area (Å²) >= 11 is 0. The zero-order valence-electron chi connectivity index (χ0n) is 12.9. The fraction of sp³-hybridized carbons (Fsp3) is 0.647. The summed E-state index contributed by atoms with van der Waals surface area (Å²) in [6.45, 7) is 0.474. The average molecular weight is 320 g/mol. The Hall–Kier alpha value is -0.910. The second-order valence-corrected chi connectivity index (χ2v) is 9.06. The predicted octanol–water partition coefficient (Wildman–Crippen LogP) is 2.60. The Balaban J connectivity index is 1.76. The van der Waals surface area contributed by atoms with E-state index in [0.717, 1.165) is 50.5 Å². The van der Waals surface area contributed by atoms with Crippen LogP contribution in [0.15, 0.2) is 29.2 Å². The van der Waals surface area contributed by atoms with Crippen LogP contribution in [0.2, 0.25) is 0 Å². The summed E-state index contributed by atoms with van der Waals surface area (Å²) in [4.78, 5) is 0.526. The molecule has 4 rings (SSSR count). The van der Waals surface area contributed by atoms with Crippen LogP contribution in [0, 0.1) is 0 Å². The molecule has 120 valence electrons. The zero-order valence-corrected chi connectivity index (χ0v) is 13.7. The van der Waals surface area contributed by atoms with Gasteiger partial charge in [0.25, 0.3) is 0 Å². The highest BCUT2D eigenvalue weighted by molar-refractivity contribution is 7.89. The van der Waals surface area contributed by atoms with E-state index in [-0.39, 0.29) is 11.6 Å². The number of sulfonamides is 1. The maximum absolute atomic E-state index is 13.4. The second-order valence-electron chi connectivity index (χ2n) is 7.22. The van der Waals surface area contributed by atoms with E-state index in [9.17, 15) is 8.42 Å². The molecule has 1 unspecified atom stereocenters. The van der Waals surface area contributed by atoms with Gasteiger partial charge in [0, 0.05) is 18.1 Å². The van der Waals surface area contributed by atoms with Crippen LogP contribution in [-0.2, 0) is 10.0 Å². The molecule has 4 nitrogen and oxygen atoms in total. The molecule has 5 heteroatoms. The van der Waals surface area contributed by atoms with E-state index in [1.165, 1.54) is 0 Å². The van der Waals surface area contributed by atoms with Crippen LogP contribution in [0.1, 0.15) is 56.4 Å². The number of nitrogens with zero attached hydrogens (tertiary/aromatic N) is 1. The summed E-state index contributed by atoms with van der Waals surface area (Å²) in [5, 5.41) is 0. The predicted molar refractivity (Wildman–Crippen MR) is 86.1 cm³/mol. The highest BCUT2D eigenvalue weighted by Gasteiger charge is 2.51. The molecule has 1 heterocycles. The second kappa shape index (κ2) is 5.05. The number of hydrogen-bond acceptors (Lipinski definition) is 3. The smallest absolute Gasteiger partial charge is 0.243 e. The maximum atomic E-state index is 13.4. The van der Waals surface area contributed by atoms with E-state index >= 15 is 0 Å². The van der Waals surface area contributed by atoms with Gasteiger partial charge in [-0.25, -0.2) is 8.42 Å². The van der Waals surface area contributed by atoms with Crippen molar-refractivity contribution in [2.45, 2.75) is 67.3 Å². The van der Waals surface area contributed by atoms with Crippen molar-refractivity contribution in [2.24, 2.45) is 5.73 Å². The van der Waals surface area contributed by atoms with Crippen LogP contribution in [0.4, 0.5) is 0 Å². The van der Waals surface area contributed by atoms with Crippen molar-refractivity contribution in [1.29, 1.82) is 0 Å². The summed E-state index contributed by atoms with van der Waals surface area (Å²) in [6.07, 6.45) is 7.18. The molecule has 1 saturated heterocycles. The van der Waals surface area contributed by atoms with E-state index in [1.54, 1.807) is 10.4 Å². The number of nitrogens with two attached hydrogens (primary N) is 1. The largest absolute Gasteiger partial charge is 0.327 e. The molecule has 0 aromatic heterocycles. The highest BCUT2D eigenvalue weighted by Crippen LogP contribution is 2.48. The Bertz CT molecular complexity index is 678. The lowest BCUT2D eigenvalue weighted by Crippen LogP contribution is -2.62. The Morgan fingerprint density at radius 1 is 1.09 bits per heavy atom. The number of hydrogen-bond donors (Lipinski definition) is 1. The molecule has 0 bridgehead atoms. The summed E-state index contributed by atoms with van der Waals surface area (Å²) in [7, 11) is -3.45. The molecular formula is C17H24N2O2S. The third-order valence-corrected chi connectivity index (χ3v) is 7.74. The van der Waals surface area contributed by atoms with Crippen molar-refractivity contribution in [3.63, 3.8) is 0 Å². The summed E-state index contributed by atoms with van der Waals surface area (Å²) < 4.78 is 28.5. The Labute approximate surface area is 132 Å². The third kappa shape index (κ3) is 2.22. The van der Waals surface area contributed by atoms with Crippen molar-refractivity contribution in [1.82, 2.24) is 4.31 Å². The first-order chi connectivity index (χ1) is 10.5. The molecule has 2 aliphatic carbocycles. The molecule has 22 heavy (non-hydrogen) atoms. The molecule has 2 N–H and O–H groups in total. The maximum Gasteiger partial charge on any atom is 0.243 e. The minimum atomic E-state index is -3.45. The van der Waals surface area contributed by atoms with Crippen LogP contribution in [0.5, 0.6) is 0 Å². The van der Waals surface area contributed by atoms with E-state index in [0.29, 0.717) is 17.4 Å². The lowest BCUT2D eigenvalue weighted by molar-refractivity contribution is 0.0423. The molecule has 1 spiro atoms. The minimum Gasteiger partial charge on any atom is -0.327 e. The quantitative estimate of drug-likeness (QED) is 0.931. The van der Waals surface area contributed by atoms with E-state index in [1.807, 2.05) is 18.2 Å². The summed E-state index contributed by atoms with van der Waals surface area (Å²) in [6, 6.07) is 7.54. The van der Waals surface area contributed by atoms with Gasteiger partial charge in [0.2, 0.25) is 10.0 Å². The van der Waals surface area contributed by atoms with E-state index in [4.69, 9.17) is 5.73 Å². The van der Waals surface area contributed by atoms with Gasteiger partial charge in [-0.1, -0.05) is 18.2 Å². The topological polar surface area (TPSA) is 63.4 Å². The van der Waals surface area contributed by atoms with Gasteiger partial charge in [0.05, 0.1) is 4.90 Å². The van der Waals surface area contributed by atoms with Crippen molar-refractivity contribution in [3.05, 3.63) is 29.8 Å². The SMILES string of the molecule is NC1CCC2(CCC2)N(S(=O)(=O)c2ccccc2C2CC2)C1. The Kier molecular flexibility index (Phi) is 3.36. The molecule has 0 radical (unpaired) electrons. The normalized spacial score (nSPS) is 28.5. The van der Waals surface area contributed by atoms with Gasteiger partial charge in [0.15, 0.2) is 0 Å². The van der Waals surface area contributed by atoms with Crippen LogP contribution >= 0.6 is 0 Å². The van der Waals surface area contributed by atoms with Gasteiger partial charge in [-0.2, -0.15) is 4.31 Å². The van der Waals surface area contributed by atoms with Crippen LogP contribution < -0.4 is 5.73 Å². The molecule has 0 amide bonds. The monoisotopic (exact) mass is 320 g/mol. The van der Waals surface area contributed by atoms with Gasteiger partial charge in [-0.05, 0) is 62.5 Å². The fourth-order valence-corrected chi connectivity index (χ4v) is 6.27.